The highest BCUT2D eigenvalue weighted by Gasteiger charge is 2.34. The van der Waals surface area contributed by atoms with Crippen molar-refractivity contribution >= 4 is 38.9 Å². The molecule has 1 unspecified atom stereocenters. The van der Waals surface area contributed by atoms with E-state index in [0.717, 1.165) is 37.9 Å². The molecule has 1 atom stereocenters. The summed E-state index contributed by atoms with van der Waals surface area (Å²) in [5.74, 6) is -0.355. The number of nitrogens with zero attached hydrogens (tertiary/aromatic N) is 2. The zero-order chi connectivity index (χ0) is 24.1. The summed E-state index contributed by atoms with van der Waals surface area (Å²) in [5, 5.41) is 13.3. The van der Waals surface area contributed by atoms with Gasteiger partial charge >= 0.3 is 0 Å². The van der Waals surface area contributed by atoms with Gasteiger partial charge in [-0.05, 0) is 41.8 Å². The van der Waals surface area contributed by atoms with Crippen molar-refractivity contribution in [3.05, 3.63) is 106 Å². The van der Waals surface area contributed by atoms with Crippen LogP contribution in [0.2, 0.25) is 0 Å². The SMILES string of the molecule is Cc1ccccc1C1NC(=O)c2cc(-c3cnn(C)c3)cc(NC(=O)c3csc4ccccc34)c21. The van der Waals surface area contributed by atoms with E-state index in [0.29, 0.717) is 16.8 Å². The van der Waals surface area contributed by atoms with E-state index in [2.05, 4.69) is 15.7 Å². The third-order valence-corrected chi connectivity index (χ3v) is 7.46. The van der Waals surface area contributed by atoms with Crippen molar-refractivity contribution in [2.75, 3.05) is 5.32 Å². The van der Waals surface area contributed by atoms with Crippen LogP contribution in [0.15, 0.2) is 78.4 Å². The van der Waals surface area contributed by atoms with Crippen LogP contribution in [0.1, 0.15) is 43.4 Å². The fourth-order valence-electron chi connectivity index (χ4n) is 4.76. The topological polar surface area (TPSA) is 76.0 Å². The third kappa shape index (κ3) is 3.61. The lowest BCUT2D eigenvalue weighted by molar-refractivity contribution is 0.0959. The molecule has 2 aromatic heterocycles. The highest BCUT2D eigenvalue weighted by molar-refractivity contribution is 7.17. The fraction of sp³-hybridized carbons (Fsp3) is 0.107. The lowest BCUT2D eigenvalue weighted by Crippen LogP contribution is -2.21. The van der Waals surface area contributed by atoms with Gasteiger partial charge in [0.25, 0.3) is 11.8 Å². The van der Waals surface area contributed by atoms with E-state index in [1.165, 1.54) is 0 Å². The second kappa shape index (κ2) is 8.21. The van der Waals surface area contributed by atoms with Gasteiger partial charge in [0.05, 0.1) is 17.8 Å². The zero-order valence-corrected chi connectivity index (χ0v) is 20.0. The molecule has 0 saturated heterocycles. The number of anilines is 1. The molecule has 0 saturated carbocycles. The predicted octanol–water partition coefficient (Wildman–Crippen LogP) is 5.70. The van der Waals surface area contributed by atoms with E-state index in [1.807, 2.05) is 86.2 Å². The van der Waals surface area contributed by atoms with E-state index < -0.39 is 0 Å². The average Bonchev–Trinajstić information content (AvgIpc) is 3.57. The number of benzene rings is 3. The van der Waals surface area contributed by atoms with Crippen molar-refractivity contribution in [2.45, 2.75) is 13.0 Å². The standard InChI is InChI=1S/C28H22N4O2S/c1-16-7-3-4-8-19(16)26-25-21(27(33)31-26)11-17(18-13-29-32(2)14-18)12-23(25)30-28(34)22-15-35-24-10-6-5-9-20(22)24/h3-15,26H,1-2H3,(H,30,34)(H,31,33). The molecule has 7 heteroatoms. The molecule has 172 valence electrons. The maximum absolute atomic E-state index is 13.5. The van der Waals surface area contributed by atoms with Crippen LogP contribution in [0.4, 0.5) is 5.69 Å². The van der Waals surface area contributed by atoms with Crippen LogP contribution in [0, 0.1) is 6.92 Å². The molecule has 35 heavy (non-hydrogen) atoms. The Morgan fingerprint density at radius 2 is 1.89 bits per heavy atom. The fourth-order valence-corrected chi connectivity index (χ4v) is 5.70. The van der Waals surface area contributed by atoms with Crippen LogP contribution in [-0.4, -0.2) is 21.6 Å². The van der Waals surface area contributed by atoms with Gasteiger partial charge in [0.2, 0.25) is 0 Å². The number of hydrogen-bond acceptors (Lipinski definition) is 4. The first-order valence-corrected chi connectivity index (χ1v) is 12.2. The summed E-state index contributed by atoms with van der Waals surface area (Å²) >= 11 is 1.54. The van der Waals surface area contributed by atoms with E-state index in [4.69, 9.17) is 0 Å². The molecule has 1 aliphatic heterocycles. The van der Waals surface area contributed by atoms with Crippen LogP contribution in [0.5, 0.6) is 0 Å². The Bertz CT molecular complexity index is 1630. The molecule has 3 heterocycles. The summed E-state index contributed by atoms with van der Waals surface area (Å²) in [6, 6.07) is 19.3. The van der Waals surface area contributed by atoms with Gasteiger partial charge in [-0.15, -0.1) is 11.3 Å². The monoisotopic (exact) mass is 478 g/mol. The molecule has 0 bridgehead atoms. The first-order chi connectivity index (χ1) is 17.0. The van der Waals surface area contributed by atoms with Gasteiger partial charge in [-0.3, -0.25) is 14.3 Å². The Morgan fingerprint density at radius 1 is 1.09 bits per heavy atom. The summed E-state index contributed by atoms with van der Waals surface area (Å²) in [6.45, 7) is 2.03. The number of fused-ring (bicyclic) bond motifs is 2. The molecule has 2 amide bonds. The smallest absolute Gasteiger partial charge is 0.257 e. The first-order valence-electron chi connectivity index (χ1n) is 11.3. The van der Waals surface area contributed by atoms with E-state index >= 15 is 0 Å². The second-order valence-electron chi connectivity index (χ2n) is 8.75. The number of carbonyl (C=O) groups is 2. The summed E-state index contributed by atoms with van der Waals surface area (Å²) in [4.78, 5) is 26.7. The molecule has 2 N–H and O–H groups in total. The highest BCUT2D eigenvalue weighted by Crippen LogP contribution is 2.41. The lowest BCUT2D eigenvalue weighted by atomic mass is 9.91. The Labute approximate surface area is 206 Å². The van der Waals surface area contributed by atoms with Crippen LogP contribution in [-0.2, 0) is 7.05 Å². The summed E-state index contributed by atoms with van der Waals surface area (Å²) in [5.41, 5.74) is 6.36. The number of aromatic nitrogens is 2. The molecule has 1 aliphatic rings. The van der Waals surface area contributed by atoms with Crippen LogP contribution in [0.25, 0.3) is 21.2 Å². The molecular formula is C28H22N4O2S. The molecule has 6 rings (SSSR count). The third-order valence-electron chi connectivity index (χ3n) is 6.50. The van der Waals surface area contributed by atoms with E-state index in [9.17, 15) is 9.59 Å². The Kier molecular flexibility index (Phi) is 5.00. The summed E-state index contributed by atoms with van der Waals surface area (Å²) in [7, 11) is 1.85. The molecule has 0 radical (unpaired) electrons. The van der Waals surface area contributed by atoms with Gasteiger partial charge in [0, 0.05) is 51.1 Å². The quantitative estimate of drug-likeness (QED) is 0.348. The molecule has 0 aliphatic carbocycles. The maximum atomic E-state index is 13.5. The van der Waals surface area contributed by atoms with Crippen molar-refractivity contribution in [3.63, 3.8) is 0 Å². The Morgan fingerprint density at radius 3 is 2.69 bits per heavy atom. The second-order valence-corrected chi connectivity index (χ2v) is 9.66. The molecule has 3 aromatic carbocycles. The minimum Gasteiger partial charge on any atom is -0.341 e. The number of aryl methyl sites for hydroxylation is 2. The normalized spacial score (nSPS) is 14.7. The summed E-state index contributed by atoms with van der Waals surface area (Å²) < 4.78 is 2.77. The molecule has 6 nitrogen and oxygen atoms in total. The van der Waals surface area contributed by atoms with Crippen molar-refractivity contribution in [3.8, 4) is 11.1 Å². The molecule has 0 spiro atoms. The lowest BCUT2D eigenvalue weighted by Gasteiger charge is -2.19. The van der Waals surface area contributed by atoms with E-state index in [-0.39, 0.29) is 17.9 Å². The van der Waals surface area contributed by atoms with Crippen LogP contribution < -0.4 is 10.6 Å². The number of hydrogen-bond donors (Lipinski definition) is 2. The van der Waals surface area contributed by atoms with Gasteiger partial charge in [0.15, 0.2) is 0 Å². The predicted molar refractivity (Wildman–Crippen MR) is 139 cm³/mol. The molecule has 5 aromatic rings. The summed E-state index contributed by atoms with van der Waals surface area (Å²) in [6.07, 6.45) is 3.65. The average molecular weight is 479 g/mol. The number of nitrogens with one attached hydrogen (secondary N) is 2. The number of carbonyl (C=O) groups excluding carboxylic acids is 2. The zero-order valence-electron chi connectivity index (χ0n) is 19.2. The maximum Gasteiger partial charge on any atom is 0.257 e. The Hall–Kier alpha value is -4.23. The van der Waals surface area contributed by atoms with Gasteiger partial charge in [-0.25, -0.2) is 0 Å². The van der Waals surface area contributed by atoms with Crippen molar-refractivity contribution in [1.82, 2.24) is 15.1 Å². The number of thiophene rings is 1. The van der Waals surface area contributed by atoms with E-state index in [1.54, 1.807) is 22.2 Å². The largest absolute Gasteiger partial charge is 0.341 e. The van der Waals surface area contributed by atoms with Crippen molar-refractivity contribution in [1.29, 1.82) is 0 Å². The minimum absolute atomic E-state index is 0.157. The first kappa shape index (κ1) is 21.3. The van der Waals surface area contributed by atoms with Gasteiger partial charge in [0.1, 0.15) is 0 Å². The van der Waals surface area contributed by atoms with Crippen molar-refractivity contribution in [2.24, 2.45) is 7.05 Å². The molecule has 0 fully saturated rings. The number of rotatable bonds is 4. The minimum atomic E-state index is -0.351. The van der Waals surface area contributed by atoms with Crippen molar-refractivity contribution < 1.29 is 9.59 Å². The van der Waals surface area contributed by atoms with Crippen LogP contribution >= 0.6 is 11.3 Å². The van der Waals surface area contributed by atoms with Crippen LogP contribution in [0.3, 0.4) is 0 Å². The molecular weight excluding hydrogens is 456 g/mol. The van der Waals surface area contributed by atoms with Gasteiger partial charge in [-0.1, -0.05) is 42.5 Å². The Balaban J connectivity index is 1.51. The van der Waals surface area contributed by atoms with Gasteiger partial charge in [-0.2, -0.15) is 5.10 Å². The number of amides is 2. The van der Waals surface area contributed by atoms with Gasteiger partial charge < -0.3 is 10.6 Å². The highest BCUT2D eigenvalue weighted by atomic mass is 32.1.